The molecule has 70 valence electrons. The molecule has 1 saturated heterocycles. The van der Waals surface area contributed by atoms with Gasteiger partial charge in [0, 0.05) is 0 Å². The minimum Gasteiger partial charge on any atom is -0.308 e. The van der Waals surface area contributed by atoms with Crippen LogP contribution in [0.1, 0.15) is 39.0 Å². The lowest BCUT2D eigenvalue weighted by Gasteiger charge is -2.10. The van der Waals surface area contributed by atoms with Crippen molar-refractivity contribution in [1.82, 2.24) is 5.32 Å². The Labute approximate surface area is 74.7 Å². The maximum absolute atomic E-state index is 10.5. The molecule has 1 aliphatic rings. The Kier molecular flexibility index (Phi) is 4.30. The van der Waals surface area contributed by atoms with Crippen LogP contribution in [0.25, 0.3) is 0 Å². The normalized spacial score (nSPS) is 31.1. The van der Waals surface area contributed by atoms with Crippen molar-refractivity contribution in [3.05, 3.63) is 0 Å². The van der Waals surface area contributed by atoms with Crippen LogP contribution in [0.4, 0.5) is 0 Å². The Balaban J connectivity index is 2.28. The molecule has 1 heterocycles. The average molecular weight is 169 g/mol. The predicted octanol–water partition coefficient (Wildman–Crippen LogP) is 1.74. The van der Waals surface area contributed by atoms with Gasteiger partial charge in [-0.2, -0.15) is 0 Å². The van der Waals surface area contributed by atoms with E-state index in [0.29, 0.717) is 0 Å². The molecule has 0 spiro atoms. The molecule has 1 aliphatic heterocycles. The molecule has 0 amide bonds. The van der Waals surface area contributed by atoms with E-state index >= 15 is 0 Å². The van der Waals surface area contributed by atoms with Crippen molar-refractivity contribution in [2.24, 2.45) is 5.92 Å². The summed E-state index contributed by atoms with van der Waals surface area (Å²) < 4.78 is 0. The first-order valence-corrected chi connectivity index (χ1v) is 5.05. The van der Waals surface area contributed by atoms with Gasteiger partial charge in [0.25, 0.3) is 0 Å². The van der Waals surface area contributed by atoms with E-state index in [2.05, 4.69) is 12.2 Å². The van der Waals surface area contributed by atoms with Gasteiger partial charge in [0.15, 0.2) is 0 Å². The van der Waals surface area contributed by atoms with Crippen molar-refractivity contribution in [2.45, 2.75) is 45.1 Å². The molecule has 0 saturated carbocycles. The van der Waals surface area contributed by atoms with Gasteiger partial charge in [-0.15, -0.1) is 0 Å². The Morgan fingerprint density at radius 2 is 2.25 bits per heavy atom. The minimum atomic E-state index is 0.131. The highest BCUT2D eigenvalue weighted by Crippen LogP contribution is 2.20. The topological polar surface area (TPSA) is 29.1 Å². The molecule has 0 aromatic heterocycles. The van der Waals surface area contributed by atoms with Crippen LogP contribution >= 0.6 is 0 Å². The second-order valence-corrected chi connectivity index (χ2v) is 3.72. The van der Waals surface area contributed by atoms with Gasteiger partial charge in [0.05, 0.1) is 6.04 Å². The summed E-state index contributed by atoms with van der Waals surface area (Å²) in [7, 11) is 0. The third kappa shape index (κ3) is 2.94. The zero-order chi connectivity index (χ0) is 8.81. The highest BCUT2D eigenvalue weighted by Gasteiger charge is 2.16. The van der Waals surface area contributed by atoms with Crippen molar-refractivity contribution in [3.8, 4) is 0 Å². The highest BCUT2D eigenvalue weighted by molar-refractivity contribution is 5.57. The molecule has 2 nitrogen and oxygen atoms in total. The molecular formula is C10H19NO. The second kappa shape index (κ2) is 5.31. The number of hydrogen-bond donors (Lipinski definition) is 1. The van der Waals surface area contributed by atoms with Crippen LogP contribution < -0.4 is 5.32 Å². The van der Waals surface area contributed by atoms with Gasteiger partial charge in [-0.1, -0.05) is 19.8 Å². The molecule has 1 rings (SSSR count). The van der Waals surface area contributed by atoms with Gasteiger partial charge in [-0.25, -0.2) is 0 Å². The van der Waals surface area contributed by atoms with Crippen LogP contribution in [0, 0.1) is 5.92 Å². The summed E-state index contributed by atoms with van der Waals surface area (Å²) in [6.07, 6.45) is 7.16. The molecule has 0 bridgehead atoms. The predicted molar refractivity (Wildman–Crippen MR) is 50.1 cm³/mol. The molecule has 1 N–H and O–H groups in total. The number of rotatable bonds is 3. The van der Waals surface area contributed by atoms with Crippen molar-refractivity contribution >= 4 is 6.29 Å². The quantitative estimate of drug-likeness (QED) is 0.652. The molecule has 0 radical (unpaired) electrons. The summed E-state index contributed by atoms with van der Waals surface area (Å²) >= 11 is 0. The SMILES string of the molecule is CCCC1CCNC(C=O)CC1. The molecule has 2 unspecified atom stereocenters. The largest absolute Gasteiger partial charge is 0.308 e. The molecule has 2 heteroatoms. The Morgan fingerprint density at radius 3 is 2.92 bits per heavy atom. The number of carbonyl (C=O) groups is 1. The van der Waals surface area contributed by atoms with Gasteiger partial charge in [0.1, 0.15) is 6.29 Å². The zero-order valence-electron chi connectivity index (χ0n) is 7.88. The Hall–Kier alpha value is -0.370. The fourth-order valence-corrected chi connectivity index (χ4v) is 1.95. The van der Waals surface area contributed by atoms with Crippen molar-refractivity contribution in [3.63, 3.8) is 0 Å². The van der Waals surface area contributed by atoms with E-state index in [1.54, 1.807) is 0 Å². The lowest BCUT2D eigenvalue weighted by atomic mass is 9.95. The molecule has 0 aromatic carbocycles. The van der Waals surface area contributed by atoms with Crippen LogP contribution in [-0.2, 0) is 4.79 Å². The van der Waals surface area contributed by atoms with E-state index < -0.39 is 0 Å². The summed E-state index contributed by atoms with van der Waals surface area (Å²) in [5, 5.41) is 3.25. The van der Waals surface area contributed by atoms with Crippen LogP contribution in [0.2, 0.25) is 0 Å². The maximum Gasteiger partial charge on any atom is 0.136 e. The van der Waals surface area contributed by atoms with Gasteiger partial charge in [-0.05, 0) is 31.7 Å². The van der Waals surface area contributed by atoms with Crippen molar-refractivity contribution < 1.29 is 4.79 Å². The van der Waals surface area contributed by atoms with E-state index in [4.69, 9.17) is 0 Å². The molecule has 2 atom stereocenters. The van der Waals surface area contributed by atoms with Crippen molar-refractivity contribution in [1.29, 1.82) is 0 Å². The van der Waals surface area contributed by atoms with E-state index in [0.717, 1.165) is 25.2 Å². The molecular weight excluding hydrogens is 150 g/mol. The van der Waals surface area contributed by atoms with Crippen LogP contribution in [0.5, 0.6) is 0 Å². The first kappa shape index (κ1) is 9.72. The first-order chi connectivity index (χ1) is 5.86. The maximum atomic E-state index is 10.5. The van der Waals surface area contributed by atoms with E-state index in [1.165, 1.54) is 25.7 Å². The van der Waals surface area contributed by atoms with Crippen molar-refractivity contribution in [2.75, 3.05) is 6.54 Å². The molecule has 0 aliphatic carbocycles. The summed E-state index contributed by atoms with van der Waals surface area (Å²) in [5.74, 6) is 0.854. The fourth-order valence-electron chi connectivity index (χ4n) is 1.95. The van der Waals surface area contributed by atoms with Crippen LogP contribution in [0.15, 0.2) is 0 Å². The minimum absolute atomic E-state index is 0.131. The number of aldehydes is 1. The van der Waals surface area contributed by atoms with E-state index in [9.17, 15) is 4.79 Å². The van der Waals surface area contributed by atoms with Gasteiger partial charge in [-0.3, -0.25) is 0 Å². The van der Waals surface area contributed by atoms with Gasteiger partial charge in [0.2, 0.25) is 0 Å². The number of nitrogens with one attached hydrogen (secondary N) is 1. The molecule has 1 fully saturated rings. The Morgan fingerprint density at radius 1 is 1.42 bits per heavy atom. The number of hydrogen-bond acceptors (Lipinski definition) is 2. The van der Waals surface area contributed by atoms with Gasteiger partial charge >= 0.3 is 0 Å². The highest BCUT2D eigenvalue weighted by atomic mass is 16.1. The monoisotopic (exact) mass is 169 g/mol. The third-order valence-corrected chi connectivity index (χ3v) is 2.71. The molecule has 12 heavy (non-hydrogen) atoms. The van der Waals surface area contributed by atoms with E-state index in [-0.39, 0.29) is 6.04 Å². The molecule has 0 aromatic rings. The van der Waals surface area contributed by atoms with Crippen LogP contribution in [-0.4, -0.2) is 18.9 Å². The standard InChI is InChI=1S/C10H19NO/c1-2-3-9-4-5-10(8-12)11-7-6-9/h8-11H,2-7H2,1H3. The average Bonchev–Trinajstić information content (AvgIpc) is 2.31. The Bertz CT molecular complexity index is 136. The smallest absolute Gasteiger partial charge is 0.136 e. The second-order valence-electron chi connectivity index (χ2n) is 3.72. The summed E-state index contributed by atoms with van der Waals surface area (Å²) in [6, 6.07) is 0.131. The fraction of sp³-hybridized carbons (Fsp3) is 0.900. The van der Waals surface area contributed by atoms with E-state index in [1.807, 2.05) is 0 Å². The zero-order valence-corrected chi connectivity index (χ0v) is 7.88. The summed E-state index contributed by atoms with van der Waals surface area (Å²) in [5.41, 5.74) is 0. The summed E-state index contributed by atoms with van der Waals surface area (Å²) in [4.78, 5) is 10.5. The van der Waals surface area contributed by atoms with Crippen LogP contribution in [0.3, 0.4) is 0 Å². The lowest BCUT2D eigenvalue weighted by molar-refractivity contribution is -0.109. The third-order valence-electron chi connectivity index (χ3n) is 2.71. The lowest BCUT2D eigenvalue weighted by Crippen LogP contribution is -2.29. The number of carbonyl (C=O) groups excluding carboxylic acids is 1. The summed E-state index contributed by atoms with van der Waals surface area (Å²) in [6.45, 7) is 3.25. The van der Waals surface area contributed by atoms with Gasteiger partial charge < -0.3 is 10.1 Å². The first-order valence-electron chi connectivity index (χ1n) is 5.05.